The van der Waals surface area contributed by atoms with Crippen molar-refractivity contribution in [3.63, 3.8) is 0 Å². The van der Waals surface area contributed by atoms with Crippen LogP contribution in [0.15, 0.2) is 12.4 Å². The number of pyridine rings is 1. The summed E-state index contributed by atoms with van der Waals surface area (Å²) in [6, 6.07) is 3.21. The number of rotatable bonds is 0. The molecule has 0 N–H and O–H groups in total. The summed E-state index contributed by atoms with van der Waals surface area (Å²) in [5.74, 6) is 0. The molecular weight excluding hydrogens is 409 g/mol. The Balaban J connectivity index is 0.000000720. The van der Waals surface area contributed by atoms with Crippen molar-refractivity contribution in [2.24, 2.45) is 0 Å². The maximum absolute atomic E-state index is 3.89. The van der Waals surface area contributed by atoms with Crippen LogP contribution in [0.3, 0.4) is 0 Å². The van der Waals surface area contributed by atoms with Gasteiger partial charge in [0.25, 0.3) is 0 Å². The van der Waals surface area contributed by atoms with Crippen LogP contribution in [0.5, 0.6) is 0 Å². The van der Waals surface area contributed by atoms with Gasteiger partial charge in [0.15, 0.2) is 0 Å². The first-order valence-corrected chi connectivity index (χ1v) is 3.51. The van der Waals surface area contributed by atoms with Gasteiger partial charge in [-0.1, -0.05) is 20.0 Å². The van der Waals surface area contributed by atoms with Crippen molar-refractivity contribution < 1.29 is 53.8 Å². The van der Waals surface area contributed by atoms with Crippen LogP contribution in [-0.2, 0) is 53.8 Å². The van der Waals surface area contributed by atoms with Crippen LogP contribution in [0.1, 0.15) is 11.1 Å². The van der Waals surface area contributed by atoms with Crippen molar-refractivity contribution >= 4 is 5.52 Å². The fourth-order valence-electron chi connectivity index (χ4n) is 1.04. The predicted octanol–water partition coefficient (Wildman–Crippen LogP) is 1.55. The molecule has 4 heteroatoms. The van der Waals surface area contributed by atoms with Crippen LogP contribution in [0.2, 0.25) is 0 Å². The molecule has 13 heavy (non-hydrogen) atoms. The van der Waals surface area contributed by atoms with Crippen LogP contribution in [0, 0.1) is 26.2 Å². The molecule has 0 bridgehead atoms. The van der Waals surface area contributed by atoms with Gasteiger partial charge < -0.3 is 9.38 Å². The minimum Gasteiger partial charge on any atom is -0.454 e. The van der Waals surface area contributed by atoms with Crippen molar-refractivity contribution in [3.05, 3.63) is 35.9 Å². The second-order valence-electron chi connectivity index (χ2n) is 2.68. The first-order valence-electron chi connectivity index (χ1n) is 3.51. The van der Waals surface area contributed by atoms with Crippen LogP contribution in [0.4, 0.5) is 0 Å². The molecule has 2 heterocycles. The van der Waals surface area contributed by atoms with E-state index in [1.165, 1.54) is 11.1 Å². The Morgan fingerprint density at radius 3 is 2.77 bits per heavy atom. The Kier molecular flexibility index (Phi) is 5.58. The summed E-state index contributed by atoms with van der Waals surface area (Å²) in [7, 11) is 0. The molecule has 0 spiro atoms. The van der Waals surface area contributed by atoms with E-state index in [-0.39, 0.29) is 53.8 Å². The summed E-state index contributed by atoms with van der Waals surface area (Å²) in [5, 5.41) is 0. The van der Waals surface area contributed by atoms with E-state index in [9.17, 15) is 0 Å². The number of nitrogens with zero attached hydrogens (tertiary/aromatic N) is 2. The molecule has 2 rings (SSSR count). The van der Waals surface area contributed by atoms with Crippen LogP contribution in [-0.4, -0.2) is 9.38 Å². The molecule has 0 atom stereocenters. The van der Waals surface area contributed by atoms with Gasteiger partial charge in [0, 0.05) is 60.1 Å². The van der Waals surface area contributed by atoms with E-state index >= 15 is 0 Å². The molecular formula is C9H8N2WY-2. The zero-order chi connectivity index (χ0) is 7.84. The average Bonchev–Trinajstić information content (AvgIpc) is 2.36. The number of aryl methyl sites for hydroxylation is 2. The molecule has 0 saturated heterocycles. The van der Waals surface area contributed by atoms with E-state index in [1.54, 1.807) is 6.20 Å². The summed E-state index contributed by atoms with van der Waals surface area (Å²) < 4.78 is 1.85. The SMILES string of the molecule is Cc1[c-]c2cn[c-]n2cc1C.[W].[Y]. The number of imidazole rings is 1. The van der Waals surface area contributed by atoms with Crippen molar-refractivity contribution in [1.82, 2.24) is 9.38 Å². The fraction of sp³-hybridized carbons (Fsp3) is 0.222. The Hall–Kier alpha value is 0.482. The standard InChI is InChI=1S/C9H8N2.W.Y/c1-7-3-9-4-10-6-11(9)5-8(7)2;;/h4-5H,1-2H3;;/q-2;;. The topological polar surface area (TPSA) is 17.3 Å². The van der Waals surface area contributed by atoms with Crippen molar-refractivity contribution in [1.29, 1.82) is 0 Å². The minimum atomic E-state index is 0. The van der Waals surface area contributed by atoms with Crippen molar-refractivity contribution in [2.45, 2.75) is 13.8 Å². The predicted molar refractivity (Wildman–Crippen MR) is 42.3 cm³/mol. The normalized spacial score (nSPS) is 9.08. The first-order chi connectivity index (χ1) is 5.27. The van der Waals surface area contributed by atoms with Crippen molar-refractivity contribution in [2.75, 3.05) is 0 Å². The Labute approximate surface area is 117 Å². The van der Waals surface area contributed by atoms with Crippen LogP contribution >= 0.6 is 0 Å². The van der Waals surface area contributed by atoms with E-state index in [0.29, 0.717) is 0 Å². The van der Waals surface area contributed by atoms with Gasteiger partial charge in [-0.2, -0.15) is 11.1 Å². The maximum Gasteiger partial charge on any atom is 0.0391 e. The molecule has 0 amide bonds. The molecule has 0 saturated carbocycles. The average molecular weight is 417 g/mol. The second-order valence-corrected chi connectivity index (χ2v) is 2.68. The van der Waals surface area contributed by atoms with Gasteiger partial charge in [-0.25, -0.2) is 6.07 Å². The van der Waals surface area contributed by atoms with Crippen LogP contribution in [0.25, 0.3) is 5.52 Å². The van der Waals surface area contributed by atoms with E-state index < -0.39 is 0 Å². The van der Waals surface area contributed by atoms with Crippen molar-refractivity contribution in [3.8, 4) is 0 Å². The van der Waals surface area contributed by atoms with E-state index in [0.717, 1.165) is 5.52 Å². The quantitative estimate of drug-likeness (QED) is 0.596. The van der Waals surface area contributed by atoms with Gasteiger partial charge in [0.1, 0.15) is 0 Å². The fourth-order valence-corrected chi connectivity index (χ4v) is 1.04. The zero-order valence-electron chi connectivity index (χ0n) is 7.53. The molecule has 0 aromatic carbocycles. The summed E-state index contributed by atoms with van der Waals surface area (Å²) in [5.41, 5.74) is 3.37. The number of aromatic nitrogens is 2. The molecule has 2 aromatic rings. The third-order valence-corrected chi connectivity index (χ3v) is 1.84. The largest absolute Gasteiger partial charge is 0.454 e. The Morgan fingerprint density at radius 2 is 2.08 bits per heavy atom. The molecule has 2 nitrogen and oxygen atoms in total. The molecule has 0 unspecified atom stereocenters. The molecule has 0 aliphatic carbocycles. The summed E-state index contributed by atoms with van der Waals surface area (Å²) in [6.07, 6.45) is 6.59. The smallest absolute Gasteiger partial charge is 0.0391 e. The third kappa shape index (κ3) is 2.71. The molecule has 65 valence electrons. The van der Waals surface area contributed by atoms with Gasteiger partial charge in [0.05, 0.1) is 0 Å². The summed E-state index contributed by atoms with van der Waals surface area (Å²) in [4.78, 5) is 3.89. The number of fused-ring (bicyclic) bond motifs is 1. The monoisotopic (exact) mass is 417 g/mol. The molecule has 0 aliphatic heterocycles. The van der Waals surface area contributed by atoms with Gasteiger partial charge >= 0.3 is 0 Å². The third-order valence-electron chi connectivity index (χ3n) is 1.84. The summed E-state index contributed by atoms with van der Waals surface area (Å²) >= 11 is 0. The zero-order valence-corrected chi connectivity index (χ0v) is 13.3. The first kappa shape index (κ1) is 13.5. The van der Waals surface area contributed by atoms with Gasteiger partial charge in [-0.3, -0.25) is 0 Å². The second kappa shape index (κ2) is 5.38. The molecule has 0 fully saturated rings. The van der Waals surface area contributed by atoms with E-state index in [4.69, 9.17) is 0 Å². The Morgan fingerprint density at radius 1 is 1.38 bits per heavy atom. The maximum atomic E-state index is 3.89. The molecule has 1 radical (unpaired) electrons. The molecule has 0 aliphatic rings. The van der Waals surface area contributed by atoms with Gasteiger partial charge in [-0.05, 0) is 0 Å². The van der Waals surface area contributed by atoms with Gasteiger partial charge in [-0.15, -0.1) is 11.7 Å². The Bertz CT molecular complexity index is 361. The van der Waals surface area contributed by atoms with Crippen LogP contribution < -0.4 is 0 Å². The molecule has 2 aromatic heterocycles. The number of hydrogen-bond donors (Lipinski definition) is 0. The minimum absolute atomic E-state index is 0. The van der Waals surface area contributed by atoms with Gasteiger partial charge in [0.2, 0.25) is 0 Å². The van der Waals surface area contributed by atoms with E-state index in [2.05, 4.69) is 24.3 Å². The number of hydrogen-bond acceptors (Lipinski definition) is 1. The summed E-state index contributed by atoms with van der Waals surface area (Å²) in [6.45, 7) is 4.10. The van der Waals surface area contributed by atoms with E-state index in [1.807, 2.05) is 17.5 Å².